The largest absolute Gasteiger partial charge is 0.445 e. The number of Topliss-reactive ketones (excluding diaryl/α,β-unsaturated/α-hetero) is 1. The van der Waals surface area contributed by atoms with Crippen LogP contribution in [0.2, 0.25) is 0 Å². The van der Waals surface area contributed by atoms with Crippen molar-refractivity contribution in [3.63, 3.8) is 0 Å². The van der Waals surface area contributed by atoms with Crippen LogP contribution in [0, 0.1) is 0 Å². The molecule has 1 saturated heterocycles. The van der Waals surface area contributed by atoms with Crippen molar-refractivity contribution in [1.82, 2.24) is 9.80 Å². The second kappa shape index (κ2) is 7.64. The maximum absolute atomic E-state index is 12.2. The van der Waals surface area contributed by atoms with E-state index >= 15 is 0 Å². The second-order valence-corrected chi connectivity index (χ2v) is 5.61. The summed E-state index contributed by atoms with van der Waals surface area (Å²) in [5.74, 6) is 0.104. The molecule has 5 nitrogen and oxygen atoms in total. The van der Waals surface area contributed by atoms with Gasteiger partial charge in [-0.05, 0) is 12.0 Å². The van der Waals surface area contributed by atoms with Crippen molar-refractivity contribution < 1.29 is 14.3 Å². The fraction of sp³-hybridized carbons (Fsp3) is 0.412. The first-order chi connectivity index (χ1) is 10.6. The lowest BCUT2D eigenvalue weighted by molar-refractivity contribution is -0.115. The van der Waals surface area contributed by atoms with Crippen LogP contribution in [0.15, 0.2) is 42.1 Å². The molecule has 5 heteroatoms. The molecule has 0 saturated carbocycles. The molecule has 0 unspecified atom stereocenters. The molecular weight excluding hydrogens is 280 g/mol. The first-order valence-corrected chi connectivity index (χ1v) is 7.42. The Balaban J connectivity index is 1.97. The van der Waals surface area contributed by atoms with E-state index in [0.717, 1.165) is 5.56 Å². The Hall–Kier alpha value is -2.30. The van der Waals surface area contributed by atoms with Gasteiger partial charge in [0.2, 0.25) is 0 Å². The molecule has 0 aliphatic carbocycles. The van der Waals surface area contributed by atoms with E-state index in [1.54, 1.807) is 11.1 Å². The summed E-state index contributed by atoms with van der Waals surface area (Å²) < 4.78 is 5.35. The van der Waals surface area contributed by atoms with Gasteiger partial charge >= 0.3 is 6.09 Å². The van der Waals surface area contributed by atoms with Gasteiger partial charge in [0.1, 0.15) is 6.61 Å². The van der Waals surface area contributed by atoms with Crippen LogP contribution < -0.4 is 0 Å². The average Bonchev–Trinajstić information content (AvgIpc) is 2.68. The third-order valence-electron chi connectivity index (χ3n) is 3.43. The topological polar surface area (TPSA) is 49.9 Å². The van der Waals surface area contributed by atoms with Crippen molar-refractivity contribution in [2.75, 3.05) is 27.2 Å². The van der Waals surface area contributed by atoms with Gasteiger partial charge in [-0.1, -0.05) is 30.3 Å². The SMILES string of the molecule is CN(C)C=C1CN(C(=O)OCc2ccccc2)CCCC1=O. The predicted molar refractivity (Wildman–Crippen MR) is 84.2 cm³/mol. The fourth-order valence-electron chi connectivity index (χ4n) is 2.35. The third kappa shape index (κ3) is 4.62. The number of rotatable bonds is 3. The Morgan fingerprint density at radius 3 is 2.73 bits per heavy atom. The molecule has 0 bridgehead atoms. The number of ketones is 1. The molecule has 0 N–H and O–H groups in total. The van der Waals surface area contributed by atoms with Gasteiger partial charge < -0.3 is 14.5 Å². The van der Waals surface area contributed by atoms with Crippen LogP contribution in [0.3, 0.4) is 0 Å². The van der Waals surface area contributed by atoms with Crippen LogP contribution >= 0.6 is 0 Å². The van der Waals surface area contributed by atoms with Crippen molar-refractivity contribution in [2.45, 2.75) is 19.4 Å². The van der Waals surface area contributed by atoms with Crippen LogP contribution in [0.1, 0.15) is 18.4 Å². The molecule has 1 aromatic carbocycles. The highest BCUT2D eigenvalue weighted by Crippen LogP contribution is 2.14. The minimum atomic E-state index is -0.372. The number of nitrogens with zero attached hydrogens (tertiary/aromatic N) is 2. The van der Waals surface area contributed by atoms with Crippen LogP contribution in [0.4, 0.5) is 4.79 Å². The Morgan fingerprint density at radius 1 is 1.32 bits per heavy atom. The molecule has 0 aromatic heterocycles. The number of benzene rings is 1. The maximum atomic E-state index is 12.2. The lowest BCUT2D eigenvalue weighted by Gasteiger charge is -2.20. The zero-order valence-electron chi connectivity index (χ0n) is 13.1. The molecule has 1 fully saturated rings. The van der Waals surface area contributed by atoms with Crippen LogP contribution in [0.25, 0.3) is 0 Å². The maximum Gasteiger partial charge on any atom is 0.410 e. The van der Waals surface area contributed by atoms with E-state index in [4.69, 9.17) is 4.74 Å². The molecular formula is C17H22N2O3. The number of hydrogen-bond donors (Lipinski definition) is 0. The van der Waals surface area contributed by atoms with E-state index in [9.17, 15) is 9.59 Å². The molecule has 0 atom stereocenters. The minimum Gasteiger partial charge on any atom is -0.445 e. The van der Waals surface area contributed by atoms with E-state index in [1.807, 2.05) is 49.3 Å². The molecule has 2 rings (SSSR count). The summed E-state index contributed by atoms with van der Waals surface area (Å²) >= 11 is 0. The Bertz CT molecular complexity index is 552. The molecule has 1 heterocycles. The number of likely N-dealkylation sites (tertiary alicyclic amines) is 1. The molecule has 0 radical (unpaired) electrons. The first-order valence-electron chi connectivity index (χ1n) is 7.42. The summed E-state index contributed by atoms with van der Waals surface area (Å²) in [5.41, 5.74) is 1.60. The number of ether oxygens (including phenoxy) is 1. The van der Waals surface area contributed by atoms with Gasteiger partial charge in [0, 0.05) is 38.8 Å². The van der Waals surface area contributed by atoms with Gasteiger partial charge in [-0.25, -0.2) is 4.79 Å². The number of carbonyl (C=O) groups excluding carboxylic acids is 2. The first kappa shape index (κ1) is 16.1. The smallest absolute Gasteiger partial charge is 0.410 e. The van der Waals surface area contributed by atoms with Crippen molar-refractivity contribution in [3.8, 4) is 0 Å². The zero-order valence-corrected chi connectivity index (χ0v) is 13.1. The highest BCUT2D eigenvalue weighted by Gasteiger charge is 2.23. The van der Waals surface area contributed by atoms with E-state index in [2.05, 4.69) is 0 Å². The monoisotopic (exact) mass is 302 g/mol. The predicted octanol–water partition coefficient (Wildman–Crippen LogP) is 2.43. The summed E-state index contributed by atoms with van der Waals surface area (Å²) in [6.07, 6.45) is 2.56. The van der Waals surface area contributed by atoms with Crippen LogP contribution in [-0.2, 0) is 16.1 Å². The van der Waals surface area contributed by atoms with Crippen molar-refractivity contribution in [3.05, 3.63) is 47.7 Å². The Kier molecular flexibility index (Phi) is 5.58. The highest BCUT2D eigenvalue weighted by molar-refractivity contribution is 5.96. The van der Waals surface area contributed by atoms with E-state index in [1.165, 1.54) is 0 Å². The molecule has 1 aliphatic rings. The van der Waals surface area contributed by atoms with Crippen molar-refractivity contribution in [2.24, 2.45) is 0 Å². The van der Waals surface area contributed by atoms with Crippen LogP contribution in [0.5, 0.6) is 0 Å². The van der Waals surface area contributed by atoms with Gasteiger partial charge in [0.15, 0.2) is 5.78 Å². The highest BCUT2D eigenvalue weighted by atomic mass is 16.6. The van der Waals surface area contributed by atoms with Crippen molar-refractivity contribution in [1.29, 1.82) is 0 Å². The van der Waals surface area contributed by atoms with Gasteiger partial charge in [-0.2, -0.15) is 0 Å². The summed E-state index contributed by atoms with van der Waals surface area (Å²) in [4.78, 5) is 27.7. The molecule has 0 spiro atoms. The van der Waals surface area contributed by atoms with Gasteiger partial charge in [0.25, 0.3) is 0 Å². The standard InChI is InChI=1S/C17H22N2O3/c1-18(2)11-15-12-19(10-6-9-16(15)20)17(21)22-13-14-7-4-3-5-8-14/h3-5,7-8,11H,6,9-10,12-13H2,1-2H3. The second-order valence-electron chi connectivity index (χ2n) is 5.61. The molecule has 1 amide bonds. The summed E-state index contributed by atoms with van der Waals surface area (Å²) in [6.45, 7) is 1.10. The molecule has 22 heavy (non-hydrogen) atoms. The van der Waals surface area contributed by atoms with E-state index in [0.29, 0.717) is 31.5 Å². The zero-order chi connectivity index (χ0) is 15.9. The van der Waals surface area contributed by atoms with Crippen molar-refractivity contribution >= 4 is 11.9 Å². The van der Waals surface area contributed by atoms with E-state index in [-0.39, 0.29) is 18.5 Å². The van der Waals surface area contributed by atoms with Gasteiger partial charge in [0.05, 0.1) is 6.54 Å². The molecule has 118 valence electrons. The number of amides is 1. The van der Waals surface area contributed by atoms with Gasteiger partial charge in [-0.3, -0.25) is 4.79 Å². The Labute approximate surface area is 131 Å². The minimum absolute atomic E-state index is 0.104. The summed E-state index contributed by atoms with van der Waals surface area (Å²) in [6, 6.07) is 9.56. The van der Waals surface area contributed by atoms with E-state index < -0.39 is 0 Å². The normalized spacial score (nSPS) is 17.3. The van der Waals surface area contributed by atoms with Gasteiger partial charge in [-0.15, -0.1) is 0 Å². The Morgan fingerprint density at radius 2 is 2.05 bits per heavy atom. The summed E-state index contributed by atoms with van der Waals surface area (Å²) in [7, 11) is 3.73. The lowest BCUT2D eigenvalue weighted by Crippen LogP contribution is -2.33. The lowest BCUT2D eigenvalue weighted by atomic mass is 10.1. The fourth-order valence-corrected chi connectivity index (χ4v) is 2.35. The third-order valence-corrected chi connectivity index (χ3v) is 3.43. The summed E-state index contributed by atoms with van der Waals surface area (Å²) in [5, 5.41) is 0. The van der Waals surface area contributed by atoms with Crippen LogP contribution in [-0.4, -0.2) is 48.9 Å². The number of carbonyl (C=O) groups is 2. The molecule has 1 aliphatic heterocycles. The molecule has 1 aromatic rings. The number of hydrogen-bond acceptors (Lipinski definition) is 4. The average molecular weight is 302 g/mol. The quantitative estimate of drug-likeness (QED) is 0.805.